The molecule has 0 radical (unpaired) electrons. The maximum Gasteiger partial charge on any atom is 0.333 e. The molecule has 0 saturated carbocycles. The SMILES string of the molecule is Cc1c(S(=O)(=O)N2CCN(Cc3cccc(Cl)c3)CC2)cnn1C(F)F. The van der Waals surface area contributed by atoms with Gasteiger partial charge < -0.3 is 0 Å². The van der Waals surface area contributed by atoms with Gasteiger partial charge in [-0.3, -0.25) is 4.90 Å². The average Bonchev–Trinajstić information content (AvgIpc) is 2.98. The molecule has 2 aromatic rings. The van der Waals surface area contributed by atoms with Gasteiger partial charge in [0.2, 0.25) is 10.0 Å². The summed E-state index contributed by atoms with van der Waals surface area (Å²) in [4.78, 5) is 1.97. The lowest BCUT2D eigenvalue weighted by molar-refractivity contribution is 0.0541. The molecule has 0 N–H and O–H groups in total. The molecule has 0 spiro atoms. The smallest absolute Gasteiger partial charge is 0.296 e. The maximum absolute atomic E-state index is 12.8. The molecule has 1 aliphatic rings. The lowest BCUT2D eigenvalue weighted by Gasteiger charge is -2.33. The molecule has 0 atom stereocenters. The first kappa shape index (κ1) is 19.2. The van der Waals surface area contributed by atoms with E-state index in [1.807, 2.05) is 18.2 Å². The molecule has 6 nitrogen and oxygen atoms in total. The number of alkyl halides is 2. The van der Waals surface area contributed by atoms with Gasteiger partial charge in [-0.25, -0.2) is 13.1 Å². The summed E-state index contributed by atoms with van der Waals surface area (Å²) in [6.45, 7) is 0.831. The highest BCUT2D eigenvalue weighted by atomic mass is 35.5. The number of aromatic nitrogens is 2. The fourth-order valence-corrected chi connectivity index (χ4v) is 4.80. The fourth-order valence-electron chi connectivity index (χ4n) is 3.02. The zero-order valence-corrected chi connectivity index (χ0v) is 15.7. The molecule has 10 heteroatoms. The highest BCUT2D eigenvalue weighted by molar-refractivity contribution is 7.89. The quantitative estimate of drug-likeness (QED) is 0.768. The van der Waals surface area contributed by atoms with Gasteiger partial charge >= 0.3 is 6.55 Å². The Bertz CT molecular complexity index is 880. The number of sulfonamides is 1. The second-order valence-electron chi connectivity index (χ2n) is 6.13. The number of hydrogen-bond acceptors (Lipinski definition) is 4. The van der Waals surface area contributed by atoms with Crippen LogP contribution in [0.25, 0.3) is 0 Å². The first-order chi connectivity index (χ1) is 12.3. The van der Waals surface area contributed by atoms with Gasteiger partial charge in [-0.2, -0.15) is 18.2 Å². The monoisotopic (exact) mass is 404 g/mol. The van der Waals surface area contributed by atoms with E-state index in [9.17, 15) is 17.2 Å². The summed E-state index contributed by atoms with van der Waals surface area (Å²) in [5.74, 6) is 0. The summed E-state index contributed by atoms with van der Waals surface area (Å²) in [6, 6.07) is 7.53. The molecule has 3 rings (SSSR count). The molecule has 2 heterocycles. The van der Waals surface area contributed by atoms with Crippen molar-refractivity contribution in [2.45, 2.75) is 24.9 Å². The van der Waals surface area contributed by atoms with Crippen molar-refractivity contribution in [3.63, 3.8) is 0 Å². The Morgan fingerprint density at radius 3 is 2.50 bits per heavy atom. The number of nitrogens with zero attached hydrogens (tertiary/aromatic N) is 4. The summed E-state index contributed by atoms with van der Waals surface area (Å²) >= 11 is 5.99. The molecule has 0 unspecified atom stereocenters. The van der Waals surface area contributed by atoms with Gasteiger partial charge in [0.15, 0.2) is 0 Å². The number of benzene rings is 1. The van der Waals surface area contributed by atoms with Crippen LogP contribution in [-0.4, -0.2) is 53.6 Å². The van der Waals surface area contributed by atoms with Crippen molar-refractivity contribution in [3.8, 4) is 0 Å². The van der Waals surface area contributed by atoms with Crippen molar-refractivity contribution in [1.29, 1.82) is 0 Å². The fraction of sp³-hybridized carbons (Fsp3) is 0.438. The standard InChI is InChI=1S/C16H19ClF2N4O2S/c1-12-15(10-20-23(12)16(18)19)26(24,25)22-7-5-21(6-8-22)11-13-3-2-4-14(17)9-13/h2-4,9-10,16H,5-8,11H2,1H3. The molecule has 1 aliphatic heterocycles. The van der Waals surface area contributed by atoms with E-state index in [2.05, 4.69) is 10.00 Å². The topological polar surface area (TPSA) is 58.4 Å². The normalized spacial score (nSPS) is 17.1. The lowest BCUT2D eigenvalue weighted by atomic mass is 10.2. The number of rotatable bonds is 5. The van der Waals surface area contributed by atoms with E-state index in [-0.39, 0.29) is 10.6 Å². The van der Waals surface area contributed by atoms with Gasteiger partial charge in [-0.05, 0) is 24.6 Å². The van der Waals surface area contributed by atoms with E-state index in [4.69, 9.17) is 11.6 Å². The van der Waals surface area contributed by atoms with Crippen molar-refractivity contribution in [3.05, 3.63) is 46.7 Å². The lowest BCUT2D eigenvalue weighted by Crippen LogP contribution is -2.48. The molecule has 0 amide bonds. The number of hydrogen-bond donors (Lipinski definition) is 0. The molecular formula is C16H19ClF2N4O2S. The van der Waals surface area contributed by atoms with Crippen LogP contribution >= 0.6 is 11.6 Å². The minimum Gasteiger partial charge on any atom is -0.296 e. The Labute approximate surface area is 156 Å². The van der Waals surface area contributed by atoms with E-state index in [0.29, 0.717) is 42.4 Å². The Balaban J connectivity index is 1.67. The molecule has 1 aromatic heterocycles. The Morgan fingerprint density at radius 2 is 1.92 bits per heavy atom. The second kappa shape index (κ2) is 7.59. The molecule has 1 aromatic carbocycles. The van der Waals surface area contributed by atoms with Gasteiger partial charge in [0.05, 0.1) is 11.9 Å². The van der Waals surface area contributed by atoms with Gasteiger partial charge in [0.1, 0.15) is 4.90 Å². The largest absolute Gasteiger partial charge is 0.333 e. The Morgan fingerprint density at radius 1 is 1.23 bits per heavy atom. The van der Waals surface area contributed by atoms with Crippen LogP contribution < -0.4 is 0 Å². The zero-order valence-electron chi connectivity index (χ0n) is 14.1. The van der Waals surface area contributed by atoms with Crippen LogP contribution in [0.3, 0.4) is 0 Å². The van der Waals surface area contributed by atoms with Crippen molar-refractivity contribution in [2.24, 2.45) is 0 Å². The van der Waals surface area contributed by atoms with Crippen LogP contribution in [-0.2, 0) is 16.6 Å². The molecule has 142 valence electrons. The van der Waals surface area contributed by atoms with E-state index >= 15 is 0 Å². The molecule has 0 bridgehead atoms. The van der Waals surface area contributed by atoms with Crippen LogP contribution in [0.1, 0.15) is 17.8 Å². The summed E-state index contributed by atoms with van der Waals surface area (Å²) in [7, 11) is -3.84. The van der Waals surface area contributed by atoms with Gasteiger partial charge in [-0.1, -0.05) is 23.7 Å². The highest BCUT2D eigenvalue weighted by Gasteiger charge is 2.32. The minimum atomic E-state index is -3.84. The summed E-state index contributed by atoms with van der Waals surface area (Å²) in [5.41, 5.74) is 1.00. The predicted octanol–water partition coefficient (Wildman–Crippen LogP) is 2.75. The molecule has 1 fully saturated rings. The second-order valence-corrected chi connectivity index (χ2v) is 8.47. The van der Waals surface area contributed by atoms with Crippen LogP contribution in [0.5, 0.6) is 0 Å². The van der Waals surface area contributed by atoms with Gasteiger partial charge in [0.25, 0.3) is 0 Å². The van der Waals surface area contributed by atoms with Gasteiger partial charge in [0, 0.05) is 37.7 Å². The minimum absolute atomic E-state index is 0.0543. The van der Waals surface area contributed by atoms with E-state index in [0.717, 1.165) is 11.8 Å². The number of halogens is 3. The Hall–Kier alpha value is -1.55. The number of piperazine rings is 1. The zero-order chi connectivity index (χ0) is 18.9. The third-order valence-electron chi connectivity index (χ3n) is 4.43. The summed E-state index contributed by atoms with van der Waals surface area (Å²) in [6.07, 6.45) is 0.995. The first-order valence-corrected chi connectivity index (χ1v) is 9.90. The third-order valence-corrected chi connectivity index (χ3v) is 6.67. The van der Waals surface area contributed by atoms with Crippen molar-refractivity contribution in [1.82, 2.24) is 19.0 Å². The van der Waals surface area contributed by atoms with Crippen molar-refractivity contribution < 1.29 is 17.2 Å². The first-order valence-electron chi connectivity index (χ1n) is 8.08. The molecule has 26 heavy (non-hydrogen) atoms. The summed E-state index contributed by atoms with van der Waals surface area (Å²) in [5, 5.41) is 4.16. The predicted molar refractivity (Wildman–Crippen MR) is 93.7 cm³/mol. The van der Waals surface area contributed by atoms with Crippen LogP contribution in [0.2, 0.25) is 5.02 Å². The van der Waals surface area contributed by atoms with E-state index in [1.54, 1.807) is 6.07 Å². The van der Waals surface area contributed by atoms with E-state index < -0.39 is 16.6 Å². The third kappa shape index (κ3) is 3.90. The molecule has 0 aliphatic carbocycles. The van der Waals surface area contributed by atoms with Crippen molar-refractivity contribution in [2.75, 3.05) is 26.2 Å². The van der Waals surface area contributed by atoms with E-state index in [1.165, 1.54) is 11.2 Å². The van der Waals surface area contributed by atoms with Crippen LogP contribution in [0, 0.1) is 6.92 Å². The highest BCUT2D eigenvalue weighted by Crippen LogP contribution is 2.24. The average molecular weight is 405 g/mol. The molecular weight excluding hydrogens is 386 g/mol. The van der Waals surface area contributed by atoms with Gasteiger partial charge in [-0.15, -0.1) is 0 Å². The van der Waals surface area contributed by atoms with Crippen molar-refractivity contribution >= 4 is 21.6 Å². The maximum atomic E-state index is 12.8. The molecule has 1 saturated heterocycles. The Kier molecular flexibility index (Phi) is 5.61. The summed E-state index contributed by atoms with van der Waals surface area (Å²) < 4.78 is 52.9. The van der Waals surface area contributed by atoms with Crippen LogP contribution in [0.15, 0.2) is 35.4 Å². The van der Waals surface area contributed by atoms with Crippen LogP contribution in [0.4, 0.5) is 8.78 Å².